The van der Waals surface area contributed by atoms with Gasteiger partial charge in [-0.05, 0) is 34.9 Å². The van der Waals surface area contributed by atoms with Crippen molar-refractivity contribution in [1.82, 2.24) is 0 Å². The molecule has 0 fully saturated rings. The lowest BCUT2D eigenvalue weighted by Crippen LogP contribution is -2.16. The van der Waals surface area contributed by atoms with Crippen LogP contribution in [0.3, 0.4) is 0 Å². The first-order chi connectivity index (χ1) is 9.53. The molecule has 20 heavy (non-hydrogen) atoms. The van der Waals surface area contributed by atoms with E-state index in [2.05, 4.69) is 91.3 Å². The van der Waals surface area contributed by atoms with Gasteiger partial charge in [0.15, 0.2) is 0 Å². The lowest BCUT2D eigenvalue weighted by molar-refractivity contribution is 0.346. The fourth-order valence-corrected chi connectivity index (χ4v) is 2.90. The van der Waals surface area contributed by atoms with Crippen molar-refractivity contribution < 1.29 is 0 Å². The van der Waals surface area contributed by atoms with Crippen LogP contribution in [0, 0.1) is 5.41 Å². The van der Waals surface area contributed by atoms with Crippen molar-refractivity contribution >= 4 is 15.9 Å². The van der Waals surface area contributed by atoms with Gasteiger partial charge in [0.1, 0.15) is 0 Å². The van der Waals surface area contributed by atoms with Crippen LogP contribution < -0.4 is 0 Å². The molecular weight excluding hydrogens is 308 g/mol. The molecule has 0 aromatic heterocycles. The van der Waals surface area contributed by atoms with E-state index in [1.54, 1.807) is 0 Å². The molecule has 0 bridgehead atoms. The van der Waals surface area contributed by atoms with Gasteiger partial charge in [-0.25, -0.2) is 0 Å². The summed E-state index contributed by atoms with van der Waals surface area (Å²) in [7, 11) is 0. The van der Waals surface area contributed by atoms with Crippen molar-refractivity contribution in [3.05, 3.63) is 71.3 Å². The van der Waals surface area contributed by atoms with Crippen molar-refractivity contribution in [3.8, 4) is 0 Å². The molecule has 2 aromatic carbocycles. The molecule has 0 heterocycles. The molecule has 0 nitrogen and oxygen atoms in total. The zero-order chi connectivity index (χ0) is 14.6. The summed E-state index contributed by atoms with van der Waals surface area (Å²) in [5.74, 6) is 0. The molecule has 0 aliphatic carbocycles. The fourth-order valence-electron chi connectivity index (χ4n) is 2.27. The maximum Gasteiger partial charge on any atom is 0.0446 e. The standard InChI is InChI=1S/C19H23Br/c1-4-19(2,3)18(20)17-12-10-16(11-13-17)14-15-8-6-5-7-9-15/h5-13,18H,4,14H2,1-3H3. The normalized spacial score (nSPS) is 13.2. The van der Waals surface area contributed by atoms with E-state index in [4.69, 9.17) is 0 Å². The van der Waals surface area contributed by atoms with Gasteiger partial charge in [0.2, 0.25) is 0 Å². The first kappa shape index (κ1) is 15.3. The van der Waals surface area contributed by atoms with Crippen LogP contribution in [0.15, 0.2) is 54.6 Å². The molecule has 0 aliphatic heterocycles. The number of rotatable bonds is 5. The summed E-state index contributed by atoms with van der Waals surface area (Å²) < 4.78 is 0. The van der Waals surface area contributed by atoms with E-state index in [0.717, 1.165) is 12.8 Å². The highest BCUT2D eigenvalue weighted by Crippen LogP contribution is 2.42. The van der Waals surface area contributed by atoms with Gasteiger partial charge in [0.25, 0.3) is 0 Å². The van der Waals surface area contributed by atoms with E-state index in [-0.39, 0.29) is 5.41 Å². The number of hydrogen-bond donors (Lipinski definition) is 0. The van der Waals surface area contributed by atoms with Crippen LogP contribution in [0.1, 0.15) is 48.7 Å². The quantitative estimate of drug-likeness (QED) is 0.577. The molecule has 0 radical (unpaired) electrons. The van der Waals surface area contributed by atoms with E-state index >= 15 is 0 Å². The molecule has 1 unspecified atom stereocenters. The Morgan fingerprint density at radius 1 is 0.900 bits per heavy atom. The lowest BCUT2D eigenvalue weighted by atomic mass is 9.83. The van der Waals surface area contributed by atoms with E-state index in [0.29, 0.717) is 4.83 Å². The summed E-state index contributed by atoms with van der Waals surface area (Å²) in [4.78, 5) is 0.408. The molecule has 0 N–H and O–H groups in total. The van der Waals surface area contributed by atoms with E-state index in [9.17, 15) is 0 Å². The number of alkyl halides is 1. The van der Waals surface area contributed by atoms with Gasteiger partial charge in [0, 0.05) is 4.83 Å². The monoisotopic (exact) mass is 330 g/mol. The number of halogens is 1. The summed E-state index contributed by atoms with van der Waals surface area (Å²) in [5.41, 5.74) is 4.38. The zero-order valence-corrected chi connectivity index (χ0v) is 14.2. The Morgan fingerprint density at radius 2 is 1.45 bits per heavy atom. The molecule has 1 heteroatoms. The van der Waals surface area contributed by atoms with E-state index in [1.807, 2.05) is 0 Å². The van der Waals surface area contributed by atoms with Gasteiger partial charge in [-0.3, -0.25) is 0 Å². The molecule has 2 rings (SSSR count). The molecule has 106 valence electrons. The SMILES string of the molecule is CCC(C)(C)C(Br)c1ccc(Cc2ccccc2)cc1. The van der Waals surface area contributed by atoms with Crippen molar-refractivity contribution in [2.75, 3.05) is 0 Å². The molecule has 0 aliphatic rings. The summed E-state index contributed by atoms with van der Waals surface area (Å²) in [6, 6.07) is 19.6. The van der Waals surface area contributed by atoms with Crippen LogP contribution in [-0.2, 0) is 6.42 Å². The summed E-state index contributed by atoms with van der Waals surface area (Å²) in [6.45, 7) is 6.87. The minimum absolute atomic E-state index is 0.279. The second-order valence-corrected chi connectivity index (χ2v) is 7.02. The Bertz CT molecular complexity index is 525. The third-order valence-corrected chi connectivity index (χ3v) is 5.89. The minimum Gasteiger partial charge on any atom is -0.0833 e. The van der Waals surface area contributed by atoms with Crippen LogP contribution in [0.4, 0.5) is 0 Å². The molecule has 0 spiro atoms. The first-order valence-electron chi connectivity index (χ1n) is 7.30. The van der Waals surface area contributed by atoms with Gasteiger partial charge in [0.05, 0.1) is 0 Å². The third kappa shape index (κ3) is 3.73. The Balaban J connectivity index is 2.11. The van der Waals surface area contributed by atoms with Gasteiger partial charge < -0.3 is 0 Å². The van der Waals surface area contributed by atoms with Crippen LogP contribution in [0.5, 0.6) is 0 Å². The maximum absolute atomic E-state index is 3.86. The highest BCUT2D eigenvalue weighted by Gasteiger charge is 2.26. The first-order valence-corrected chi connectivity index (χ1v) is 8.21. The lowest BCUT2D eigenvalue weighted by Gasteiger charge is -2.29. The highest BCUT2D eigenvalue weighted by atomic mass is 79.9. The van der Waals surface area contributed by atoms with Gasteiger partial charge in [-0.2, -0.15) is 0 Å². The van der Waals surface area contributed by atoms with Crippen molar-refractivity contribution in [2.24, 2.45) is 5.41 Å². The molecule has 1 atom stereocenters. The minimum atomic E-state index is 0.279. The largest absolute Gasteiger partial charge is 0.0833 e. The molecular formula is C19H23Br. The van der Waals surface area contributed by atoms with Gasteiger partial charge in [-0.1, -0.05) is 91.3 Å². The third-order valence-electron chi connectivity index (χ3n) is 4.12. The van der Waals surface area contributed by atoms with Crippen LogP contribution in [0.2, 0.25) is 0 Å². The fraction of sp³-hybridized carbons (Fsp3) is 0.368. The van der Waals surface area contributed by atoms with Crippen molar-refractivity contribution in [1.29, 1.82) is 0 Å². The Hall–Kier alpha value is -1.08. The number of hydrogen-bond acceptors (Lipinski definition) is 0. The van der Waals surface area contributed by atoms with Crippen LogP contribution in [0.25, 0.3) is 0 Å². The van der Waals surface area contributed by atoms with E-state index in [1.165, 1.54) is 16.7 Å². The predicted octanol–water partition coefficient (Wildman–Crippen LogP) is 6.15. The maximum atomic E-state index is 3.86. The van der Waals surface area contributed by atoms with Gasteiger partial charge in [-0.15, -0.1) is 0 Å². The molecule has 2 aromatic rings. The van der Waals surface area contributed by atoms with Crippen LogP contribution in [-0.4, -0.2) is 0 Å². The summed E-state index contributed by atoms with van der Waals surface area (Å²) >= 11 is 3.86. The van der Waals surface area contributed by atoms with Gasteiger partial charge >= 0.3 is 0 Å². The van der Waals surface area contributed by atoms with Crippen molar-refractivity contribution in [3.63, 3.8) is 0 Å². The average molecular weight is 331 g/mol. The van der Waals surface area contributed by atoms with E-state index < -0.39 is 0 Å². The highest BCUT2D eigenvalue weighted by molar-refractivity contribution is 9.09. The average Bonchev–Trinajstić information content (AvgIpc) is 2.48. The molecule has 0 saturated carbocycles. The topological polar surface area (TPSA) is 0 Å². The second-order valence-electron chi connectivity index (χ2n) is 6.11. The summed E-state index contributed by atoms with van der Waals surface area (Å²) in [5, 5.41) is 0. The predicted molar refractivity (Wildman–Crippen MR) is 91.4 cm³/mol. The Kier molecular flexibility index (Phi) is 5.04. The Labute approximate surface area is 131 Å². The zero-order valence-electron chi connectivity index (χ0n) is 12.6. The smallest absolute Gasteiger partial charge is 0.0446 e. The Morgan fingerprint density at radius 3 is 2.00 bits per heavy atom. The van der Waals surface area contributed by atoms with Crippen LogP contribution >= 0.6 is 15.9 Å². The van der Waals surface area contributed by atoms with Crippen molar-refractivity contribution in [2.45, 2.75) is 38.4 Å². The summed E-state index contributed by atoms with van der Waals surface area (Å²) in [6.07, 6.45) is 2.17. The molecule has 0 saturated heterocycles. The number of benzene rings is 2. The second kappa shape index (κ2) is 6.58. The molecule has 0 amide bonds.